The third-order valence-electron chi connectivity index (χ3n) is 2.47. The summed E-state index contributed by atoms with van der Waals surface area (Å²) in [6.45, 7) is 1.53. The third-order valence-corrected chi connectivity index (χ3v) is 3.72. The Labute approximate surface area is 123 Å². The van der Waals surface area contributed by atoms with Crippen molar-refractivity contribution in [2.45, 2.75) is 17.7 Å². The first kappa shape index (κ1) is 14.5. The predicted molar refractivity (Wildman–Crippen MR) is 75.4 cm³/mol. The minimum Gasteiger partial charge on any atom is -0.478 e. The lowest BCUT2D eigenvalue weighted by Crippen LogP contribution is -2.18. The van der Waals surface area contributed by atoms with E-state index in [2.05, 4.69) is 15.0 Å². The summed E-state index contributed by atoms with van der Waals surface area (Å²) in [4.78, 5) is 32.5. The second kappa shape index (κ2) is 6.06. The number of aryl methyl sites for hydroxylation is 1. The van der Waals surface area contributed by atoms with Crippen molar-refractivity contribution in [3.8, 4) is 0 Å². The molecule has 0 aliphatic rings. The number of carboxylic acid groups (broad SMARTS) is 1. The Kier molecular flexibility index (Phi) is 4.41. The number of hydrogen-bond donors (Lipinski definition) is 2. The van der Waals surface area contributed by atoms with Crippen LogP contribution in [0.3, 0.4) is 0 Å². The third kappa shape index (κ3) is 3.37. The number of aromatic nitrogens is 3. The van der Waals surface area contributed by atoms with Gasteiger partial charge in [-0.05, 0) is 24.6 Å². The van der Waals surface area contributed by atoms with Crippen LogP contribution in [0.15, 0.2) is 28.2 Å². The molecule has 0 aliphatic heterocycles. The van der Waals surface area contributed by atoms with Crippen molar-refractivity contribution in [3.05, 3.63) is 50.8 Å². The molecule has 0 saturated carbocycles. The van der Waals surface area contributed by atoms with E-state index in [1.54, 1.807) is 18.3 Å². The van der Waals surface area contributed by atoms with Gasteiger partial charge in [0.1, 0.15) is 15.7 Å². The van der Waals surface area contributed by atoms with Crippen molar-refractivity contribution in [2.24, 2.45) is 0 Å². The topological polar surface area (TPSA) is 95.9 Å². The summed E-state index contributed by atoms with van der Waals surface area (Å²) in [5.74, 6) is -0.681. The van der Waals surface area contributed by atoms with Crippen LogP contribution in [-0.2, 0) is 5.75 Å². The maximum atomic E-state index is 11.3. The molecule has 0 saturated heterocycles. The largest absolute Gasteiger partial charge is 0.478 e. The van der Waals surface area contributed by atoms with Gasteiger partial charge in [-0.1, -0.05) is 11.6 Å². The smallest absolute Gasteiger partial charge is 0.346 e. The monoisotopic (exact) mass is 311 g/mol. The summed E-state index contributed by atoms with van der Waals surface area (Å²) in [7, 11) is 0. The first-order valence-electron chi connectivity index (χ1n) is 5.55. The molecule has 6 nitrogen and oxygen atoms in total. The zero-order valence-electron chi connectivity index (χ0n) is 10.4. The van der Waals surface area contributed by atoms with Crippen molar-refractivity contribution in [2.75, 3.05) is 0 Å². The highest BCUT2D eigenvalue weighted by atomic mass is 35.5. The Morgan fingerprint density at radius 3 is 2.95 bits per heavy atom. The number of aromatic amines is 1. The molecule has 2 N–H and O–H groups in total. The van der Waals surface area contributed by atoms with E-state index in [-0.39, 0.29) is 16.3 Å². The van der Waals surface area contributed by atoms with Crippen molar-refractivity contribution in [3.63, 3.8) is 0 Å². The van der Waals surface area contributed by atoms with Gasteiger partial charge in [0, 0.05) is 17.6 Å². The van der Waals surface area contributed by atoms with Gasteiger partial charge in [0.25, 0.3) is 0 Å². The van der Waals surface area contributed by atoms with Crippen LogP contribution >= 0.6 is 23.4 Å². The van der Waals surface area contributed by atoms with Gasteiger partial charge in [0.2, 0.25) is 0 Å². The number of halogens is 1. The van der Waals surface area contributed by atoms with Crippen LogP contribution < -0.4 is 5.69 Å². The fourth-order valence-corrected chi connectivity index (χ4v) is 2.81. The summed E-state index contributed by atoms with van der Waals surface area (Å²) >= 11 is 6.94. The Hall–Kier alpha value is -1.86. The molecule has 0 amide bonds. The number of thioether (sulfide) groups is 1. The second-order valence-corrected chi connectivity index (χ2v) is 5.28. The van der Waals surface area contributed by atoms with E-state index in [0.29, 0.717) is 10.9 Å². The minimum absolute atomic E-state index is 0.00903. The molecular weight excluding hydrogens is 302 g/mol. The number of nitrogens with one attached hydrogen (secondary N) is 1. The number of hydrogen-bond acceptors (Lipinski definition) is 5. The number of rotatable bonds is 4. The van der Waals surface area contributed by atoms with Crippen molar-refractivity contribution >= 4 is 29.3 Å². The number of pyridine rings is 1. The Morgan fingerprint density at radius 2 is 2.30 bits per heavy atom. The average Bonchev–Trinajstić information content (AvgIpc) is 2.35. The Morgan fingerprint density at radius 1 is 1.55 bits per heavy atom. The average molecular weight is 312 g/mol. The van der Waals surface area contributed by atoms with Crippen LogP contribution in [0.1, 0.15) is 21.6 Å². The summed E-state index contributed by atoms with van der Waals surface area (Å²) in [6, 6.07) is 3.44. The molecule has 0 unspecified atom stereocenters. The quantitative estimate of drug-likeness (QED) is 0.510. The molecule has 20 heavy (non-hydrogen) atoms. The highest BCUT2D eigenvalue weighted by Gasteiger charge is 2.17. The summed E-state index contributed by atoms with van der Waals surface area (Å²) in [5, 5.41) is 9.72. The SMILES string of the molecule is Cc1[nH]c(=O)nc(SCc2ccnc(Cl)c2)c1C(=O)O. The molecule has 2 rings (SSSR count). The highest BCUT2D eigenvalue weighted by molar-refractivity contribution is 7.98. The molecule has 0 atom stereocenters. The first-order valence-corrected chi connectivity index (χ1v) is 6.91. The van der Waals surface area contributed by atoms with Gasteiger partial charge >= 0.3 is 11.7 Å². The molecule has 2 aromatic heterocycles. The molecule has 0 aromatic carbocycles. The van der Waals surface area contributed by atoms with E-state index >= 15 is 0 Å². The zero-order valence-corrected chi connectivity index (χ0v) is 12.0. The summed E-state index contributed by atoms with van der Waals surface area (Å²) < 4.78 is 0. The first-order chi connectivity index (χ1) is 9.47. The van der Waals surface area contributed by atoms with E-state index in [1.165, 1.54) is 18.7 Å². The van der Waals surface area contributed by atoms with Gasteiger partial charge in [-0.3, -0.25) is 0 Å². The Bertz CT molecular complexity index is 717. The lowest BCUT2D eigenvalue weighted by Gasteiger charge is -2.07. The maximum Gasteiger partial charge on any atom is 0.346 e. The van der Waals surface area contributed by atoms with Crippen LogP contribution in [-0.4, -0.2) is 26.0 Å². The van der Waals surface area contributed by atoms with E-state index in [9.17, 15) is 14.7 Å². The molecule has 0 fully saturated rings. The van der Waals surface area contributed by atoms with Gasteiger partial charge < -0.3 is 10.1 Å². The molecule has 104 valence electrons. The Balaban J connectivity index is 2.29. The number of nitrogens with zero attached hydrogens (tertiary/aromatic N) is 2. The van der Waals surface area contributed by atoms with Crippen molar-refractivity contribution in [1.82, 2.24) is 15.0 Å². The molecule has 0 spiro atoms. The van der Waals surface area contributed by atoms with Gasteiger partial charge in [0.05, 0.1) is 0 Å². The molecular formula is C12H10ClN3O3S. The second-order valence-electron chi connectivity index (χ2n) is 3.93. The van der Waals surface area contributed by atoms with Crippen LogP contribution in [0.5, 0.6) is 0 Å². The van der Waals surface area contributed by atoms with E-state index in [1.807, 2.05) is 0 Å². The molecule has 2 aromatic rings. The van der Waals surface area contributed by atoms with Gasteiger partial charge in [-0.2, -0.15) is 4.98 Å². The molecule has 8 heteroatoms. The van der Waals surface area contributed by atoms with Crippen LogP contribution in [0.4, 0.5) is 0 Å². The van der Waals surface area contributed by atoms with Crippen LogP contribution in [0.25, 0.3) is 0 Å². The summed E-state index contributed by atoms with van der Waals surface area (Å²) in [5.41, 5.74) is 0.594. The van der Waals surface area contributed by atoms with Gasteiger partial charge in [0.15, 0.2) is 0 Å². The van der Waals surface area contributed by atoms with Crippen molar-refractivity contribution in [1.29, 1.82) is 0 Å². The number of carbonyl (C=O) groups is 1. The normalized spacial score (nSPS) is 10.5. The van der Waals surface area contributed by atoms with Crippen molar-refractivity contribution < 1.29 is 9.90 Å². The predicted octanol–water partition coefficient (Wildman–Crippen LogP) is 2.12. The molecule has 2 heterocycles. The van der Waals surface area contributed by atoms with Crippen LogP contribution in [0, 0.1) is 6.92 Å². The molecule has 0 bridgehead atoms. The van der Waals surface area contributed by atoms with E-state index < -0.39 is 11.7 Å². The lowest BCUT2D eigenvalue weighted by atomic mass is 10.2. The zero-order chi connectivity index (χ0) is 14.7. The summed E-state index contributed by atoms with van der Waals surface area (Å²) in [6.07, 6.45) is 1.56. The maximum absolute atomic E-state index is 11.3. The van der Waals surface area contributed by atoms with E-state index in [0.717, 1.165) is 5.56 Å². The van der Waals surface area contributed by atoms with Gasteiger partial charge in [-0.25, -0.2) is 14.6 Å². The highest BCUT2D eigenvalue weighted by Crippen LogP contribution is 2.25. The standard InChI is InChI=1S/C12H10ClN3O3S/c1-6-9(11(17)18)10(16-12(19)15-6)20-5-7-2-3-14-8(13)4-7/h2-4H,5H2,1H3,(H,17,18)(H,15,16,19). The van der Waals surface area contributed by atoms with E-state index in [4.69, 9.17) is 11.6 Å². The molecule has 0 aliphatic carbocycles. The minimum atomic E-state index is -1.12. The lowest BCUT2D eigenvalue weighted by molar-refractivity contribution is 0.0690. The van der Waals surface area contributed by atoms with Gasteiger partial charge in [-0.15, -0.1) is 11.8 Å². The number of aromatic carboxylic acids is 1. The fraction of sp³-hybridized carbons (Fsp3) is 0.167. The molecule has 0 radical (unpaired) electrons. The number of H-pyrrole nitrogens is 1. The number of carboxylic acids is 1. The fourth-order valence-electron chi connectivity index (χ4n) is 1.60. The van der Waals surface area contributed by atoms with Crippen LogP contribution in [0.2, 0.25) is 5.15 Å².